The van der Waals surface area contributed by atoms with Crippen molar-refractivity contribution in [3.05, 3.63) is 101 Å². The predicted molar refractivity (Wildman–Crippen MR) is 136 cm³/mol. The van der Waals surface area contributed by atoms with E-state index in [2.05, 4.69) is 64.2 Å². The Morgan fingerprint density at radius 2 is 1.50 bits per heavy atom. The predicted octanol–water partition coefficient (Wildman–Crippen LogP) is 6.04. The second-order valence-corrected chi connectivity index (χ2v) is 9.46. The Kier molecular flexibility index (Phi) is 9.18. The number of hydrogen-bond acceptors (Lipinski definition) is 5. The molecular weight excluding hydrogens is 495 g/mol. The maximum atomic E-state index is 12.2. The van der Waals surface area contributed by atoms with Crippen molar-refractivity contribution in [2.75, 3.05) is 6.54 Å². The van der Waals surface area contributed by atoms with E-state index in [1.807, 2.05) is 0 Å². The lowest BCUT2D eigenvalue weighted by Crippen LogP contribution is -2.30. The van der Waals surface area contributed by atoms with E-state index in [1.165, 1.54) is 24.0 Å². The minimum absolute atomic E-state index is 0.148. The summed E-state index contributed by atoms with van der Waals surface area (Å²) in [4.78, 5) is 24.7. The van der Waals surface area contributed by atoms with Gasteiger partial charge in [0.25, 0.3) is 0 Å². The molecule has 0 saturated carbocycles. The molecule has 0 aromatic heterocycles. The molecule has 5 nitrogen and oxygen atoms in total. The number of likely N-dealkylation sites (tertiary alicyclic amines) is 1. The molecule has 3 aromatic rings. The first kappa shape index (κ1) is 27.4. The Morgan fingerprint density at radius 1 is 0.842 bits per heavy atom. The number of ether oxygens (including phenoxy) is 2. The van der Waals surface area contributed by atoms with Gasteiger partial charge in [-0.25, -0.2) is 4.79 Å². The lowest BCUT2D eigenvalue weighted by atomic mass is 10.0. The highest BCUT2D eigenvalue weighted by atomic mass is 19.4. The van der Waals surface area contributed by atoms with Crippen molar-refractivity contribution in [3.63, 3.8) is 0 Å². The zero-order valence-electron chi connectivity index (χ0n) is 21.0. The lowest BCUT2D eigenvalue weighted by molar-refractivity contribution is -0.201. The van der Waals surface area contributed by atoms with Crippen LogP contribution >= 0.6 is 0 Å². The molecule has 38 heavy (non-hydrogen) atoms. The highest BCUT2D eigenvalue weighted by Gasteiger charge is 2.42. The van der Waals surface area contributed by atoms with Crippen LogP contribution in [0.4, 0.5) is 13.2 Å². The highest BCUT2D eigenvalue weighted by Crippen LogP contribution is 2.24. The van der Waals surface area contributed by atoms with Crippen LogP contribution in [-0.2, 0) is 40.3 Å². The molecule has 0 spiro atoms. The van der Waals surface area contributed by atoms with Gasteiger partial charge in [-0.2, -0.15) is 13.2 Å². The number of carbonyl (C=O) groups is 2. The van der Waals surface area contributed by atoms with Crippen LogP contribution < -0.4 is 4.74 Å². The van der Waals surface area contributed by atoms with Gasteiger partial charge in [0.2, 0.25) is 0 Å². The van der Waals surface area contributed by atoms with Crippen molar-refractivity contribution in [3.8, 4) is 5.75 Å². The van der Waals surface area contributed by atoms with Crippen molar-refractivity contribution in [2.24, 2.45) is 0 Å². The van der Waals surface area contributed by atoms with E-state index < -0.39 is 18.1 Å². The Balaban J connectivity index is 1.20. The Morgan fingerprint density at radius 3 is 2.18 bits per heavy atom. The van der Waals surface area contributed by atoms with Gasteiger partial charge in [-0.15, -0.1) is 0 Å². The average molecular weight is 526 g/mol. The van der Waals surface area contributed by atoms with E-state index in [0.29, 0.717) is 24.0 Å². The smallest absolute Gasteiger partial charge is 0.489 e. The van der Waals surface area contributed by atoms with Gasteiger partial charge in [0.1, 0.15) is 12.4 Å². The first-order valence-electron chi connectivity index (χ1n) is 12.7. The normalized spacial score (nSPS) is 15.8. The minimum Gasteiger partial charge on any atom is -0.489 e. The first-order chi connectivity index (χ1) is 18.3. The molecular formula is C30H30F3NO4. The summed E-state index contributed by atoms with van der Waals surface area (Å²) >= 11 is 0. The summed E-state index contributed by atoms with van der Waals surface area (Å²) in [7, 11) is 0. The summed E-state index contributed by atoms with van der Waals surface area (Å²) in [6.45, 7) is 2.44. The highest BCUT2D eigenvalue weighted by molar-refractivity contribution is 5.88. The van der Waals surface area contributed by atoms with Crippen LogP contribution in [-0.4, -0.2) is 35.6 Å². The van der Waals surface area contributed by atoms with Gasteiger partial charge in [-0.1, -0.05) is 66.7 Å². The van der Waals surface area contributed by atoms with Gasteiger partial charge in [0, 0.05) is 12.6 Å². The number of benzene rings is 3. The van der Waals surface area contributed by atoms with E-state index in [-0.39, 0.29) is 12.8 Å². The molecule has 0 N–H and O–H groups in total. The van der Waals surface area contributed by atoms with Gasteiger partial charge in [-0.05, 0) is 66.6 Å². The third kappa shape index (κ3) is 8.18. The van der Waals surface area contributed by atoms with Gasteiger partial charge < -0.3 is 9.47 Å². The van der Waals surface area contributed by atoms with Crippen LogP contribution in [0.25, 0.3) is 0 Å². The summed E-state index contributed by atoms with van der Waals surface area (Å²) in [6.07, 6.45) is -1.85. The number of esters is 2. The molecule has 200 valence electrons. The fraction of sp³-hybridized carbons (Fsp3) is 0.333. The third-order valence-electron chi connectivity index (χ3n) is 6.61. The van der Waals surface area contributed by atoms with Gasteiger partial charge in [0.15, 0.2) is 0 Å². The Bertz CT molecular complexity index is 1190. The Hall–Kier alpha value is -3.65. The number of halogens is 3. The zero-order chi connectivity index (χ0) is 27.0. The van der Waals surface area contributed by atoms with Crippen molar-refractivity contribution >= 4 is 11.9 Å². The maximum absolute atomic E-state index is 12.2. The van der Waals surface area contributed by atoms with E-state index >= 15 is 0 Å². The average Bonchev–Trinajstić information content (AvgIpc) is 3.34. The molecule has 1 unspecified atom stereocenters. The molecule has 0 amide bonds. The molecule has 1 atom stereocenters. The van der Waals surface area contributed by atoms with Crippen LogP contribution in [0.3, 0.4) is 0 Å². The Labute approximate surface area is 220 Å². The molecule has 1 aliphatic rings. The molecule has 1 fully saturated rings. The molecule has 1 heterocycles. The number of hydrogen-bond donors (Lipinski definition) is 0. The quantitative estimate of drug-likeness (QED) is 0.239. The van der Waals surface area contributed by atoms with Gasteiger partial charge in [-0.3, -0.25) is 9.69 Å². The van der Waals surface area contributed by atoms with E-state index in [4.69, 9.17) is 4.74 Å². The summed E-state index contributed by atoms with van der Waals surface area (Å²) in [5.41, 5.74) is 4.40. The van der Waals surface area contributed by atoms with Crippen molar-refractivity contribution < 1.29 is 32.2 Å². The summed E-state index contributed by atoms with van der Waals surface area (Å²) in [5.74, 6) is -3.08. The lowest BCUT2D eigenvalue weighted by Gasteiger charge is -2.24. The topological polar surface area (TPSA) is 55.8 Å². The summed E-state index contributed by atoms with van der Waals surface area (Å²) in [5, 5.41) is 0. The summed E-state index contributed by atoms with van der Waals surface area (Å²) < 4.78 is 46.1. The number of carbonyl (C=O) groups excluding carboxylic acids is 2. The monoisotopic (exact) mass is 525 g/mol. The van der Waals surface area contributed by atoms with Gasteiger partial charge >= 0.3 is 18.1 Å². The van der Waals surface area contributed by atoms with Gasteiger partial charge in [0.05, 0.1) is 6.42 Å². The third-order valence-corrected chi connectivity index (χ3v) is 6.61. The standard InChI is InChI=1S/C30H30F3NO4/c31-30(32,33)29(36)38-28(35)17-14-22-12-15-27(16-13-22)37-21-25-10-8-24(9-11-25)20-34-18-4-7-26(34)19-23-5-2-1-3-6-23/h1-3,5-6,8-13,15-16,26H,4,7,14,17-21H2. The molecule has 0 bridgehead atoms. The van der Waals surface area contributed by atoms with Crippen molar-refractivity contribution in [1.82, 2.24) is 4.90 Å². The maximum Gasteiger partial charge on any atom is 0.491 e. The SMILES string of the molecule is O=C(CCc1ccc(OCc2ccc(CN3CCCC3Cc3ccccc3)cc2)cc1)OC(=O)C(F)(F)F. The second-order valence-electron chi connectivity index (χ2n) is 9.46. The molecule has 3 aromatic carbocycles. The molecule has 0 radical (unpaired) electrons. The number of alkyl halides is 3. The van der Waals surface area contributed by atoms with Crippen LogP contribution in [0.2, 0.25) is 0 Å². The van der Waals surface area contributed by atoms with E-state index in [1.54, 1.807) is 24.3 Å². The van der Waals surface area contributed by atoms with Crippen LogP contribution in [0, 0.1) is 0 Å². The fourth-order valence-corrected chi connectivity index (χ4v) is 4.57. The van der Waals surface area contributed by atoms with Crippen molar-refractivity contribution in [1.29, 1.82) is 0 Å². The van der Waals surface area contributed by atoms with Crippen LogP contribution in [0.15, 0.2) is 78.9 Å². The molecule has 0 aliphatic carbocycles. The molecule has 1 aliphatic heterocycles. The van der Waals surface area contributed by atoms with E-state index in [9.17, 15) is 22.8 Å². The molecule has 8 heteroatoms. The molecule has 1 saturated heterocycles. The second kappa shape index (κ2) is 12.7. The van der Waals surface area contributed by atoms with Crippen LogP contribution in [0.1, 0.15) is 41.5 Å². The summed E-state index contributed by atoms with van der Waals surface area (Å²) in [6, 6.07) is 26.5. The molecule has 4 rings (SSSR count). The zero-order valence-corrected chi connectivity index (χ0v) is 21.0. The largest absolute Gasteiger partial charge is 0.491 e. The number of rotatable bonds is 10. The van der Waals surface area contributed by atoms with Crippen LogP contribution in [0.5, 0.6) is 5.75 Å². The number of nitrogens with zero attached hydrogens (tertiary/aromatic N) is 1. The fourth-order valence-electron chi connectivity index (χ4n) is 4.57. The first-order valence-corrected chi connectivity index (χ1v) is 12.7. The van der Waals surface area contributed by atoms with E-state index in [0.717, 1.165) is 25.1 Å². The number of aryl methyl sites for hydroxylation is 1. The van der Waals surface area contributed by atoms with Crippen molar-refractivity contribution in [2.45, 2.75) is 57.5 Å². The minimum atomic E-state index is -5.19.